The molecule has 4 aliphatic rings. The van der Waals surface area contributed by atoms with Gasteiger partial charge in [-0.3, -0.25) is 28.9 Å². The number of hydrogen-bond acceptors (Lipinski definition) is 8. The van der Waals surface area contributed by atoms with Crippen LogP contribution in [-0.2, 0) is 19.2 Å². The van der Waals surface area contributed by atoms with Crippen molar-refractivity contribution in [3.8, 4) is 5.75 Å². The molecule has 0 spiro atoms. The van der Waals surface area contributed by atoms with E-state index in [9.17, 15) is 29.1 Å². The van der Waals surface area contributed by atoms with Crippen LogP contribution in [0.1, 0.15) is 22.8 Å². The predicted octanol–water partition coefficient (Wildman–Crippen LogP) is 3.77. The number of nitrogens with one attached hydrogen (secondary N) is 2. The van der Waals surface area contributed by atoms with Crippen LogP contribution in [0, 0.1) is 29.6 Å². The van der Waals surface area contributed by atoms with Gasteiger partial charge < -0.3 is 20.1 Å². The average molecular weight is 671 g/mol. The van der Waals surface area contributed by atoms with Crippen molar-refractivity contribution in [2.75, 3.05) is 18.5 Å². The number of fused-ring (bicyclic) bond motifs is 9. The molecule has 3 fully saturated rings. The van der Waals surface area contributed by atoms with E-state index in [1.165, 1.54) is 0 Å². The van der Waals surface area contributed by atoms with E-state index in [4.69, 9.17) is 4.74 Å². The standard InChI is InChI=1S/C29H24BrN3O7S2/c30-12-6-7-17(40-11-18(34)31-13-4-2-1-3-5-13)14(8-12)20-21-15-9-16(24(21)41-26-25(20)42-29(39)32-26)23-22(15)27(37)33(28(23)38)10-19(35)36/h1-8,15-16,20-24H,9-11H2,(H,31,34)(H,32,39)(H,35,36)/t15?,16?,20-,21?,22?,23?,24?/m1/s1. The highest BCUT2D eigenvalue weighted by Crippen LogP contribution is 2.69. The molecule has 3 heterocycles. The number of para-hydroxylation sites is 1. The highest BCUT2D eigenvalue weighted by Gasteiger charge is 2.69. The number of aliphatic carboxylic acids is 1. The summed E-state index contributed by atoms with van der Waals surface area (Å²) in [6, 6.07) is 14.6. The summed E-state index contributed by atoms with van der Waals surface area (Å²) in [5.74, 6) is -3.74. The molecule has 1 saturated heterocycles. The number of carbonyl (C=O) groups is 4. The maximum atomic E-state index is 13.4. The molecule has 10 nitrogen and oxygen atoms in total. The number of nitrogens with zero attached hydrogens (tertiary/aromatic N) is 1. The minimum absolute atomic E-state index is 0.0614. The number of halogens is 1. The first kappa shape index (κ1) is 27.4. The number of anilines is 1. The van der Waals surface area contributed by atoms with Crippen molar-refractivity contribution in [3.05, 3.63) is 73.1 Å². The van der Waals surface area contributed by atoms with Crippen molar-refractivity contribution in [2.45, 2.75) is 22.6 Å². The van der Waals surface area contributed by atoms with Gasteiger partial charge in [-0.2, -0.15) is 0 Å². The molecule has 7 rings (SSSR count). The molecule has 0 radical (unpaired) electrons. The Bertz CT molecular complexity index is 1690. The summed E-state index contributed by atoms with van der Waals surface area (Å²) in [7, 11) is 0. The number of thiazole rings is 1. The van der Waals surface area contributed by atoms with Gasteiger partial charge in [-0.25, -0.2) is 0 Å². The maximum absolute atomic E-state index is 13.4. The first-order valence-corrected chi connectivity index (χ1v) is 15.9. The van der Waals surface area contributed by atoms with Gasteiger partial charge in [-0.05, 0) is 54.5 Å². The van der Waals surface area contributed by atoms with E-state index in [1.54, 1.807) is 30.0 Å². The number of H-pyrrole nitrogens is 1. The summed E-state index contributed by atoms with van der Waals surface area (Å²) in [4.78, 5) is 68.0. The molecule has 3 N–H and O–H groups in total. The zero-order valence-corrected chi connectivity index (χ0v) is 25.0. The Balaban J connectivity index is 1.24. The van der Waals surface area contributed by atoms with E-state index in [1.807, 2.05) is 30.3 Å². The van der Waals surface area contributed by atoms with Crippen LogP contribution in [-0.4, -0.2) is 57.1 Å². The van der Waals surface area contributed by atoms with Gasteiger partial charge in [-0.1, -0.05) is 45.5 Å². The van der Waals surface area contributed by atoms with Crippen molar-refractivity contribution in [1.29, 1.82) is 0 Å². The number of imide groups is 1. The van der Waals surface area contributed by atoms with Crippen LogP contribution < -0.4 is 14.9 Å². The van der Waals surface area contributed by atoms with E-state index in [-0.39, 0.29) is 46.3 Å². The van der Waals surface area contributed by atoms with Crippen LogP contribution >= 0.6 is 39.0 Å². The van der Waals surface area contributed by atoms with Crippen molar-refractivity contribution < 1.29 is 29.0 Å². The number of carboxylic acid groups (broad SMARTS) is 1. The normalized spacial score (nSPS) is 28.8. The number of rotatable bonds is 7. The summed E-state index contributed by atoms with van der Waals surface area (Å²) in [6.45, 7) is -0.867. The lowest BCUT2D eigenvalue weighted by Gasteiger charge is -2.43. The van der Waals surface area contributed by atoms with Gasteiger partial charge in [-0.15, -0.1) is 11.8 Å². The van der Waals surface area contributed by atoms with Crippen LogP contribution in [0.3, 0.4) is 0 Å². The van der Waals surface area contributed by atoms with Crippen LogP contribution in [0.5, 0.6) is 5.75 Å². The first-order chi connectivity index (χ1) is 20.2. The Morgan fingerprint density at radius 3 is 2.55 bits per heavy atom. The largest absolute Gasteiger partial charge is 0.483 e. The van der Waals surface area contributed by atoms with Gasteiger partial charge in [0.15, 0.2) is 6.61 Å². The topological polar surface area (TPSA) is 146 Å². The molecular weight excluding hydrogens is 646 g/mol. The van der Waals surface area contributed by atoms with Crippen LogP contribution in [0.4, 0.5) is 5.69 Å². The third-order valence-corrected chi connectivity index (χ3v) is 11.9. The number of hydrogen-bond donors (Lipinski definition) is 3. The lowest BCUT2D eigenvalue weighted by Crippen LogP contribution is -2.42. The molecule has 3 aromatic rings. The fraction of sp³-hybridized carbons (Fsp3) is 0.345. The molecule has 1 aromatic heterocycles. The molecule has 2 aliphatic carbocycles. The Morgan fingerprint density at radius 2 is 1.81 bits per heavy atom. The summed E-state index contributed by atoms with van der Waals surface area (Å²) in [6.07, 6.45) is 0.676. The van der Waals surface area contributed by atoms with E-state index in [0.717, 1.165) is 36.2 Å². The second kappa shape index (κ2) is 10.4. The molecule has 13 heteroatoms. The molecular formula is C29H24BrN3O7S2. The van der Waals surface area contributed by atoms with Gasteiger partial charge in [0.05, 0.1) is 16.9 Å². The number of thioether (sulfide) groups is 1. The Hall–Kier alpha value is -3.42. The summed E-state index contributed by atoms with van der Waals surface area (Å²) >= 11 is 6.24. The van der Waals surface area contributed by atoms with Crippen molar-refractivity contribution in [3.63, 3.8) is 0 Å². The third kappa shape index (κ3) is 4.40. The number of benzene rings is 2. The first-order valence-electron chi connectivity index (χ1n) is 13.4. The van der Waals surface area contributed by atoms with Gasteiger partial charge in [0.25, 0.3) is 5.91 Å². The fourth-order valence-corrected chi connectivity index (χ4v) is 10.7. The number of carbonyl (C=O) groups excluding carboxylic acids is 3. The van der Waals surface area contributed by atoms with Crippen LogP contribution in [0.2, 0.25) is 0 Å². The molecule has 2 bridgehead atoms. The quantitative estimate of drug-likeness (QED) is 0.322. The van der Waals surface area contributed by atoms with Crippen LogP contribution in [0.25, 0.3) is 0 Å². The van der Waals surface area contributed by atoms with E-state index in [2.05, 4.69) is 26.2 Å². The number of likely N-dealkylation sites (tertiary alicyclic amines) is 1. The lowest BCUT2D eigenvalue weighted by molar-refractivity contribution is -0.149. The smallest absolute Gasteiger partial charge is 0.323 e. The maximum Gasteiger partial charge on any atom is 0.323 e. The van der Waals surface area contributed by atoms with Crippen molar-refractivity contribution in [1.82, 2.24) is 9.88 Å². The monoisotopic (exact) mass is 669 g/mol. The molecule has 7 atom stereocenters. The van der Waals surface area contributed by atoms with Crippen LogP contribution in [0.15, 0.2) is 62.8 Å². The molecule has 6 unspecified atom stereocenters. The molecule has 216 valence electrons. The zero-order chi connectivity index (χ0) is 29.3. The fourth-order valence-electron chi connectivity index (χ4n) is 7.47. The SMILES string of the molecule is O=C(O)CN1C(=O)C2C3CC(C2C1=O)C1C3Sc2[nH]c(=O)sc2[C@@H]1c1cc(Br)ccc1OCC(=O)Nc1ccccc1. The minimum atomic E-state index is -1.22. The number of amides is 3. The van der Waals surface area contributed by atoms with Crippen molar-refractivity contribution >= 4 is 68.4 Å². The molecule has 3 amide bonds. The highest BCUT2D eigenvalue weighted by atomic mass is 79.9. The number of ether oxygens (including phenoxy) is 1. The van der Waals surface area contributed by atoms with Gasteiger partial charge >= 0.3 is 10.8 Å². The lowest BCUT2D eigenvalue weighted by atomic mass is 9.68. The molecule has 42 heavy (non-hydrogen) atoms. The van der Waals surface area contributed by atoms with Gasteiger partial charge in [0.1, 0.15) is 12.3 Å². The molecule has 2 aliphatic heterocycles. The highest BCUT2D eigenvalue weighted by molar-refractivity contribution is 9.10. The summed E-state index contributed by atoms with van der Waals surface area (Å²) in [5.41, 5.74) is 1.44. The Labute approximate surface area is 256 Å². The summed E-state index contributed by atoms with van der Waals surface area (Å²) in [5, 5.41) is 12.8. The Kier molecular flexibility index (Phi) is 6.78. The third-order valence-electron chi connectivity index (χ3n) is 8.83. The number of carboxylic acids is 1. The predicted molar refractivity (Wildman–Crippen MR) is 158 cm³/mol. The van der Waals surface area contributed by atoms with E-state index >= 15 is 0 Å². The zero-order valence-electron chi connectivity index (χ0n) is 21.8. The van der Waals surface area contributed by atoms with E-state index in [0.29, 0.717) is 17.9 Å². The second-order valence-corrected chi connectivity index (χ2v) is 14.1. The van der Waals surface area contributed by atoms with E-state index < -0.39 is 36.2 Å². The number of aromatic nitrogens is 1. The minimum Gasteiger partial charge on any atom is -0.483 e. The molecule has 2 saturated carbocycles. The second-order valence-electron chi connectivity index (χ2n) is 11.0. The summed E-state index contributed by atoms with van der Waals surface area (Å²) < 4.78 is 6.89. The van der Waals surface area contributed by atoms with Crippen molar-refractivity contribution in [2.24, 2.45) is 29.6 Å². The number of aromatic amines is 1. The average Bonchev–Trinajstić information content (AvgIpc) is 3.69. The van der Waals surface area contributed by atoms with Gasteiger partial charge in [0.2, 0.25) is 11.8 Å². The Morgan fingerprint density at radius 1 is 1.07 bits per heavy atom. The van der Waals surface area contributed by atoms with Gasteiger partial charge in [0, 0.05) is 31.8 Å². The molecule has 2 aromatic carbocycles.